The van der Waals surface area contributed by atoms with Crippen LogP contribution in [-0.4, -0.2) is 6.04 Å². The average Bonchev–Trinajstić information content (AvgIpc) is 2.36. The van der Waals surface area contributed by atoms with Crippen LogP contribution in [0.25, 0.3) is 0 Å². The van der Waals surface area contributed by atoms with Crippen LogP contribution in [0.1, 0.15) is 77.6 Å². The first-order chi connectivity index (χ1) is 9.09. The Bertz CT molecular complexity index is 341. The van der Waals surface area contributed by atoms with Crippen LogP contribution in [0.2, 0.25) is 0 Å². The molecule has 19 heavy (non-hydrogen) atoms. The molecule has 5 fully saturated rings. The van der Waals surface area contributed by atoms with E-state index in [0.717, 1.165) is 17.8 Å². The monoisotopic (exact) mass is 261 g/mol. The molecule has 0 saturated heterocycles. The summed E-state index contributed by atoms with van der Waals surface area (Å²) in [4.78, 5) is 0. The third kappa shape index (κ3) is 1.99. The molecule has 0 amide bonds. The number of hydrogen-bond acceptors (Lipinski definition) is 1. The van der Waals surface area contributed by atoms with E-state index < -0.39 is 0 Å². The van der Waals surface area contributed by atoms with E-state index in [2.05, 4.69) is 6.92 Å². The molecule has 0 aromatic heterocycles. The molecular formula is C18H31N. The predicted molar refractivity (Wildman–Crippen MR) is 79.8 cm³/mol. The minimum atomic E-state index is 0.526. The van der Waals surface area contributed by atoms with E-state index in [1.54, 1.807) is 0 Å². The minimum absolute atomic E-state index is 0.526. The van der Waals surface area contributed by atoms with Crippen LogP contribution in [-0.2, 0) is 0 Å². The van der Waals surface area contributed by atoms with Crippen molar-refractivity contribution in [2.24, 2.45) is 34.3 Å². The van der Waals surface area contributed by atoms with Gasteiger partial charge >= 0.3 is 0 Å². The molecule has 3 atom stereocenters. The first-order valence-electron chi connectivity index (χ1n) is 8.84. The van der Waals surface area contributed by atoms with Gasteiger partial charge in [-0.2, -0.15) is 0 Å². The lowest BCUT2D eigenvalue weighted by molar-refractivity contribution is -0.122. The molecule has 5 rings (SSSR count). The SMILES string of the molecule is CC12CC3CC(C1)CC(C(N)C1CCCCC1)(C3)C2. The Morgan fingerprint density at radius 2 is 1.58 bits per heavy atom. The Labute approximate surface area is 118 Å². The number of nitrogens with two attached hydrogens (primary N) is 1. The van der Waals surface area contributed by atoms with Gasteiger partial charge in [0.05, 0.1) is 0 Å². The van der Waals surface area contributed by atoms with Gasteiger partial charge < -0.3 is 5.73 Å². The summed E-state index contributed by atoms with van der Waals surface area (Å²) in [5, 5.41) is 0. The molecule has 5 aliphatic carbocycles. The molecular weight excluding hydrogens is 230 g/mol. The Hall–Kier alpha value is -0.0400. The van der Waals surface area contributed by atoms with Gasteiger partial charge in [-0.3, -0.25) is 0 Å². The van der Waals surface area contributed by atoms with E-state index in [4.69, 9.17) is 5.73 Å². The van der Waals surface area contributed by atoms with Crippen LogP contribution in [0.5, 0.6) is 0 Å². The van der Waals surface area contributed by atoms with E-state index in [-0.39, 0.29) is 0 Å². The molecule has 0 aromatic carbocycles. The van der Waals surface area contributed by atoms with Crippen molar-refractivity contribution in [1.29, 1.82) is 0 Å². The summed E-state index contributed by atoms with van der Waals surface area (Å²) in [6.45, 7) is 2.58. The third-order valence-corrected chi connectivity index (χ3v) is 7.26. The van der Waals surface area contributed by atoms with Gasteiger partial charge in [0.2, 0.25) is 0 Å². The highest BCUT2D eigenvalue weighted by atomic mass is 14.8. The molecule has 1 heteroatoms. The van der Waals surface area contributed by atoms with E-state index in [9.17, 15) is 0 Å². The van der Waals surface area contributed by atoms with Gasteiger partial charge in [0.1, 0.15) is 0 Å². The molecule has 5 aliphatic rings. The summed E-state index contributed by atoms with van der Waals surface area (Å²) < 4.78 is 0. The normalized spacial score (nSPS) is 51.5. The van der Waals surface area contributed by atoms with Crippen LogP contribution in [0, 0.1) is 28.6 Å². The quantitative estimate of drug-likeness (QED) is 0.778. The van der Waals surface area contributed by atoms with Crippen molar-refractivity contribution in [3.8, 4) is 0 Å². The highest BCUT2D eigenvalue weighted by molar-refractivity contribution is 5.10. The van der Waals surface area contributed by atoms with Crippen molar-refractivity contribution in [3.63, 3.8) is 0 Å². The van der Waals surface area contributed by atoms with Crippen LogP contribution < -0.4 is 5.73 Å². The highest BCUT2D eigenvalue weighted by Crippen LogP contribution is 2.66. The summed E-state index contributed by atoms with van der Waals surface area (Å²) in [5.74, 6) is 2.91. The Balaban J connectivity index is 1.59. The maximum atomic E-state index is 6.91. The van der Waals surface area contributed by atoms with Crippen LogP contribution >= 0.6 is 0 Å². The molecule has 0 heterocycles. The molecule has 2 N–H and O–H groups in total. The summed E-state index contributed by atoms with van der Waals surface area (Å²) in [6, 6.07) is 0.526. The fraction of sp³-hybridized carbons (Fsp3) is 1.00. The zero-order chi connectivity index (χ0) is 13.1. The van der Waals surface area contributed by atoms with E-state index in [0.29, 0.717) is 16.9 Å². The second-order valence-electron chi connectivity index (χ2n) is 9.06. The molecule has 0 aromatic rings. The highest BCUT2D eigenvalue weighted by Gasteiger charge is 2.58. The smallest absolute Gasteiger partial charge is 0.0124 e. The van der Waals surface area contributed by atoms with E-state index >= 15 is 0 Å². The van der Waals surface area contributed by atoms with Crippen molar-refractivity contribution in [2.45, 2.75) is 83.6 Å². The van der Waals surface area contributed by atoms with Crippen molar-refractivity contribution >= 4 is 0 Å². The van der Waals surface area contributed by atoms with Gasteiger partial charge in [-0.1, -0.05) is 26.2 Å². The Morgan fingerprint density at radius 3 is 2.16 bits per heavy atom. The zero-order valence-electron chi connectivity index (χ0n) is 12.7. The maximum absolute atomic E-state index is 6.91. The van der Waals surface area contributed by atoms with Crippen LogP contribution in [0.4, 0.5) is 0 Å². The second-order valence-corrected chi connectivity index (χ2v) is 9.06. The van der Waals surface area contributed by atoms with Crippen molar-refractivity contribution in [3.05, 3.63) is 0 Å². The lowest BCUT2D eigenvalue weighted by Gasteiger charge is -2.64. The second kappa shape index (κ2) is 4.23. The molecule has 5 saturated carbocycles. The topological polar surface area (TPSA) is 26.0 Å². The maximum Gasteiger partial charge on any atom is 0.0124 e. The average molecular weight is 261 g/mol. The van der Waals surface area contributed by atoms with Gasteiger partial charge in [0.15, 0.2) is 0 Å². The lowest BCUT2D eigenvalue weighted by Crippen LogP contribution is -2.59. The first-order valence-corrected chi connectivity index (χ1v) is 8.84. The van der Waals surface area contributed by atoms with Crippen molar-refractivity contribution in [1.82, 2.24) is 0 Å². The van der Waals surface area contributed by atoms with Gasteiger partial charge in [-0.05, 0) is 80.0 Å². The minimum Gasteiger partial charge on any atom is -0.327 e. The van der Waals surface area contributed by atoms with Gasteiger partial charge in [0, 0.05) is 6.04 Å². The number of rotatable bonds is 2. The molecule has 3 unspecified atom stereocenters. The van der Waals surface area contributed by atoms with Gasteiger partial charge in [0.25, 0.3) is 0 Å². The van der Waals surface area contributed by atoms with E-state index in [1.807, 2.05) is 0 Å². The first kappa shape index (κ1) is 12.7. The van der Waals surface area contributed by atoms with Gasteiger partial charge in [-0.15, -0.1) is 0 Å². The summed E-state index contributed by atoms with van der Waals surface area (Å²) in [5.41, 5.74) is 8.13. The van der Waals surface area contributed by atoms with E-state index in [1.165, 1.54) is 70.6 Å². The lowest BCUT2D eigenvalue weighted by atomic mass is 9.42. The van der Waals surface area contributed by atoms with Gasteiger partial charge in [-0.25, -0.2) is 0 Å². The summed E-state index contributed by atoms with van der Waals surface area (Å²) in [6.07, 6.45) is 16.2. The van der Waals surface area contributed by atoms with Crippen LogP contribution in [0.3, 0.4) is 0 Å². The molecule has 0 aliphatic heterocycles. The largest absolute Gasteiger partial charge is 0.327 e. The molecule has 1 nitrogen and oxygen atoms in total. The molecule has 108 valence electrons. The molecule has 0 radical (unpaired) electrons. The molecule has 0 spiro atoms. The fourth-order valence-corrected chi connectivity index (χ4v) is 7.18. The standard InChI is InChI=1S/C18H31N/c1-17-8-13-7-14(9-17)11-18(10-13,12-17)16(19)15-5-3-2-4-6-15/h13-16H,2-12,19H2,1H3. The third-order valence-electron chi connectivity index (χ3n) is 7.26. The predicted octanol–water partition coefficient (Wildman–Crippen LogP) is 4.50. The van der Waals surface area contributed by atoms with Crippen molar-refractivity contribution in [2.75, 3.05) is 0 Å². The fourth-order valence-electron chi connectivity index (χ4n) is 7.18. The summed E-state index contributed by atoms with van der Waals surface area (Å²) in [7, 11) is 0. The van der Waals surface area contributed by atoms with Crippen molar-refractivity contribution < 1.29 is 0 Å². The summed E-state index contributed by atoms with van der Waals surface area (Å²) >= 11 is 0. The van der Waals surface area contributed by atoms with Crippen LogP contribution in [0.15, 0.2) is 0 Å². The zero-order valence-corrected chi connectivity index (χ0v) is 12.7. The Morgan fingerprint density at radius 1 is 0.947 bits per heavy atom. The Kier molecular flexibility index (Phi) is 2.82. The molecule has 4 bridgehead atoms. The number of hydrogen-bond donors (Lipinski definition) is 1.